The quantitative estimate of drug-likeness (QED) is 0.0223. The number of thiophene rings is 3. The SMILES string of the molecule is CCN(C(=O)OCCl)[C@H]1C[C@H](C)S(=O)(=O)c2sc(S(N)(=O)=O)cc21.CCN(C(=O)OCOC(=O)c1ccccc1)[C@H]1C[C@H](C)S(=O)(=O)c2sc(S(N)(=O)=O)cc21.CCN[C@H]1C[C@H](C)S(=O)(=O)c2sc(S(N)(=O)=O)cc21.O=C(Cl)OCCl.O=C(O)c1ccccc1. The number of primary sulfonamides is 3. The average Bonchev–Trinajstić information content (AvgIpc) is 1.56. The van der Waals surface area contributed by atoms with Crippen molar-refractivity contribution < 1.29 is 98.5 Å². The highest BCUT2D eigenvalue weighted by Gasteiger charge is 2.45. The molecular formula is C50H63Cl3N6O22S9. The van der Waals surface area contributed by atoms with Gasteiger partial charge < -0.3 is 39.2 Å². The van der Waals surface area contributed by atoms with Crippen LogP contribution in [0.25, 0.3) is 0 Å². The monoisotopic (exact) mass is 1490 g/mol. The zero-order valence-electron chi connectivity index (χ0n) is 48.3. The molecule has 6 heterocycles. The Morgan fingerprint density at radius 2 is 0.922 bits per heavy atom. The first kappa shape index (κ1) is 77.3. The summed E-state index contributed by atoms with van der Waals surface area (Å²) in [6.07, 6.45) is -0.925. The Morgan fingerprint density at radius 1 is 0.567 bits per heavy atom. The van der Waals surface area contributed by atoms with Gasteiger partial charge in [-0.3, -0.25) is 0 Å². The predicted octanol–water partition coefficient (Wildman–Crippen LogP) is 7.49. The maximum Gasteiger partial charge on any atom is 0.413 e. The molecule has 8 N–H and O–H groups in total. The Kier molecular flexibility index (Phi) is 28.1. The number of sulfone groups is 3. The summed E-state index contributed by atoms with van der Waals surface area (Å²) in [6.45, 7) is 10.4. The van der Waals surface area contributed by atoms with Crippen LogP contribution in [0.15, 0.2) is 104 Å². The number of nitrogens with two attached hydrogens (primary N) is 3. The van der Waals surface area contributed by atoms with E-state index in [0.29, 0.717) is 52.3 Å². The first-order valence-corrected chi connectivity index (χ1v) is 39.2. The summed E-state index contributed by atoms with van der Waals surface area (Å²) in [7, 11) is -23.0. The van der Waals surface area contributed by atoms with E-state index < -0.39 is 124 Å². The molecule has 2 amide bonds. The van der Waals surface area contributed by atoms with Gasteiger partial charge in [0.15, 0.2) is 41.6 Å². The number of rotatable bonds is 15. The second kappa shape index (κ2) is 32.6. The lowest BCUT2D eigenvalue weighted by Crippen LogP contribution is -2.40. The van der Waals surface area contributed by atoms with Gasteiger partial charge in [-0.2, -0.15) is 0 Å². The number of ether oxygens (including phenoxy) is 4. The van der Waals surface area contributed by atoms with Gasteiger partial charge >= 0.3 is 29.6 Å². The van der Waals surface area contributed by atoms with Gasteiger partial charge in [0.2, 0.25) is 36.9 Å². The normalized spacial score (nSPS) is 19.9. The summed E-state index contributed by atoms with van der Waals surface area (Å²) >= 11 is 16.8. The molecule has 40 heteroatoms. The Bertz CT molecular complexity index is 4080. The highest BCUT2D eigenvalue weighted by Crippen LogP contribution is 2.47. The van der Waals surface area contributed by atoms with Gasteiger partial charge in [0.05, 0.1) is 39.0 Å². The maximum atomic E-state index is 12.7. The predicted molar refractivity (Wildman–Crippen MR) is 334 cm³/mol. The molecule has 0 unspecified atom stereocenters. The number of benzene rings is 2. The summed E-state index contributed by atoms with van der Waals surface area (Å²) in [4.78, 5) is 59.1. The van der Waals surface area contributed by atoms with E-state index >= 15 is 0 Å². The molecular weight excluding hydrogens is 1430 g/mol. The maximum absolute atomic E-state index is 12.7. The molecule has 0 aliphatic carbocycles. The van der Waals surface area contributed by atoms with Gasteiger partial charge in [0.1, 0.15) is 25.3 Å². The van der Waals surface area contributed by atoms with Crippen LogP contribution in [-0.2, 0) is 78.5 Å². The molecule has 500 valence electrons. The molecule has 0 spiro atoms. The highest BCUT2D eigenvalue weighted by molar-refractivity contribution is 7.96. The Hall–Kier alpha value is -5.10. The average molecular weight is 1500 g/mol. The number of nitrogens with one attached hydrogen (secondary N) is 1. The lowest BCUT2D eigenvalue weighted by atomic mass is 10.0. The van der Waals surface area contributed by atoms with Gasteiger partial charge in [-0.1, -0.05) is 66.5 Å². The van der Waals surface area contributed by atoms with Crippen LogP contribution in [0, 0.1) is 0 Å². The van der Waals surface area contributed by atoms with Gasteiger partial charge in [-0.25, -0.2) is 89.9 Å². The number of carboxylic acid groups (broad SMARTS) is 1. The lowest BCUT2D eigenvalue weighted by molar-refractivity contribution is -0.0157. The third-order valence-corrected chi connectivity index (χ3v) is 29.5. The second-order valence-corrected chi connectivity index (χ2v) is 36.0. The van der Waals surface area contributed by atoms with Crippen LogP contribution in [-0.4, -0.2) is 149 Å². The fourth-order valence-corrected chi connectivity index (χ4v) is 22.3. The fourth-order valence-electron chi connectivity index (χ4n) is 8.77. The molecule has 90 heavy (non-hydrogen) atoms. The zero-order valence-corrected chi connectivity index (χ0v) is 57.9. The molecule has 3 aliphatic heterocycles. The van der Waals surface area contributed by atoms with Crippen molar-refractivity contribution in [2.45, 2.75) is 120 Å². The first-order chi connectivity index (χ1) is 41.7. The van der Waals surface area contributed by atoms with Crippen LogP contribution in [0.2, 0.25) is 0 Å². The minimum absolute atomic E-state index is 0.0445. The first-order valence-electron chi connectivity index (χ1n) is 26.0. The molecule has 0 saturated carbocycles. The fraction of sp³-hybridized carbons (Fsp3) is 0.420. The van der Waals surface area contributed by atoms with E-state index in [2.05, 4.69) is 21.7 Å². The van der Waals surface area contributed by atoms with Crippen molar-refractivity contribution in [1.29, 1.82) is 0 Å². The number of hydrogen-bond donors (Lipinski definition) is 5. The van der Waals surface area contributed by atoms with Crippen LogP contribution >= 0.6 is 68.8 Å². The molecule has 0 radical (unpaired) electrons. The Morgan fingerprint density at radius 3 is 1.24 bits per heavy atom. The van der Waals surface area contributed by atoms with Crippen molar-refractivity contribution in [1.82, 2.24) is 15.1 Å². The van der Waals surface area contributed by atoms with Crippen molar-refractivity contribution >= 4 is 158 Å². The third-order valence-electron chi connectivity index (χ3n) is 13.2. The van der Waals surface area contributed by atoms with Crippen LogP contribution in [0.5, 0.6) is 0 Å². The zero-order chi connectivity index (χ0) is 68.1. The van der Waals surface area contributed by atoms with Gasteiger partial charge in [0, 0.05) is 47.4 Å². The molecule has 3 aliphatic rings. The smallest absolute Gasteiger partial charge is 0.413 e. The molecule has 2 aromatic carbocycles. The number of hydrogen-bond acceptors (Lipinski definition) is 25. The van der Waals surface area contributed by atoms with Crippen molar-refractivity contribution in [3.63, 3.8) is 0 Å². The van der Waals surface area contributed by atoms with Crippen molar-refractivity contribution in [2.24, 2.45) is 15.4 Å². The number of carboxylic acids is 1. The van der Waals surface area contributed by atoms with E-state index in [4.69, 9.17) is 57.9 Å². The number of alkyl halides is 2. The summed E-state index contributed by atoms with van der Waals surface area (Å²) in [6, 6.07) is 18.2. The van der Waals surface area contributed by atoms with E-state index in [-0.39, 0.29) is 80.5 Å². The van der Waals surface area contributed by atoms with Crippen LogP contribution in [0.1, 0.15) is 116 Å². The molecule has 0 saturated heterocycles. The Labute approximate surface area is 547 Å². The summed E-state index contributed by atoms with van der Waals surface area (Å²) in [5.41, 5.74) is 0.699. The number of carbonyl (C=O) groups excluding carboxylic acids is 4. The van der Waals surface area contributed by atoms with Crippen LogP contribution < -0.4 is 20.7 Å². The number of carbonyl (C=O) groups is 5. The topological polar surface area (TPSA) is 444 Å². The highest BCUT2D eigenvalue weighted by atomic mass is 35.5. The van der Waals surface area contributed by atoms with Crippen molar-refractivity contribution in [2.75, 3.05) is 38.6 Å². The molecule has 5 aromatic rings. The minimum atomic E-state index is -4.13. The second-order valence-electron chi connectivity index (χ2n) is 19.1. The number of esters is 1. The number of fused-ring (bicyclic) bond motifs is 3. The Balaban J connectivity index is 0.000000264. The van der Waals surface area contributed by atoms with E-state index in [1.54, 1.807) is 81.4 Å². The number of amides is 2. The van der Waals surface area contributed by atoms with E-state index in [0.717, 1.165) is 11.3 Å². The largest absolute Gasteiger partial charge is 0.478 e. The lowest BCUT2D eigenvalue weighted by Gasteiger charge is -2.35. The van der Waals surface area contributed by atoms with Crippen molar-refractivity contribution in [3.8, 4) is 0 Å². The van der Waals surface area contributed by atoms with Crippen molar-refractivity contribution in [3.05, 3.63) is 107 Å². The standard InChI is InChI=1S/C19H22N2O8S3.C12H17ClN2O6S3.C10H16N2O4S3.C7H6O2.C2H2Cl2O2/c1-3-21(19(23)29-11-28-17(22)13-7-5-4-6-8-13)15-9-12(2)31(24,25)18-14(15)10-16(30-18)32(20,26)27;1-3-15(12(16)21-6-13)9-4-7(2)23(17,18)11-8(9)5-10(22-11)24(14,19)20;1-3-12-8-4-6(2)18(13,14)10-7(8)5-9(17-10)19(11,15)16;8-7(9)6-4-2-1-3-5-6;3-1-6-2(4)5/h4-8,10,12,15H,3,9,11H2,1-2H3,(H2,20,26,27);5,7,9H,3-4,6H2,1-2H3,(H2,14,19,20);5-6,8,12H,3-4H2,1-2H3,(H2,11,15,16);1-5H,(H,8,9);1H2/t12-,15-;7-,9-;6-,8-;;/m000../s1. The molecule has 3 aromatic heterocycles. The molecule has 0 fully saturated rings. The summed E-state index contributed by atoms with van der Waals surface area (Å²) in [5, 5.41) is 24.8. The van der Waals surface area contributed by atoms with Crippen LogP contribution in [0.3, 0.4) is 0 Å². The van der Waals surface area contributed by atoms with Gasteiger partial charge in [0.25, 0.3) is 0 Å². The molecule has 0 bridgehead atoms. The van der Waals surface area contributed by atoms with Crippen LogP contribution in [0.4, 0.5) is 14.4 Å². The number of halogens is 3. The summed E-state index contributed by atoms with van der Waals surface area (Å²) in [5.74, 6) is -1.55. The number of sulfonamides is 3. The molecule has 28 nitrogen and oxygen atoms in total. The van der Waals surface area contributed by atoms with Gasteiger partial charge in [-0.15, -0.1) is 34.0 Å². The number of aromatic carboxylic acids is 1. The van der Waals surface area contributed by atoms with Gasteiger partial charge in [-0.05, 0) is 103 Å². The van der Waals surface area contributed by atoms with E-state index in [9.17, 15) is 74.5 Å². The minimum Gasteiger partial charge on any atom is -0.478 e. The van der Waals surface area contributed by atoms with E-state index in [1.807, 2.05) is 6.92 Å². The number of nitrogens with zero attached hydrogens (tertiary/aromatic N) is 2. The molecule has 6 atom stereocenters. The summed E-state index contributed by atoms with van der Waals surface area (Å²) < 4.78 is 163. The van der Waals surface area contributed by atoms with E-state index in [1.165, 1.54) is 41.8 Å². The third kappa shape index (κ3) is 19.7. The molecule has 8 rings (SSSR count).